The van der Waals surface area contributed by atoms with Crippen molar-refractivity contribution in [1.82, 2.24) is 49.1 Å². The van der Waals surface area contributed by atoms with E-state index < -0.39 is 51.0 Å². The van der Waals surface area contributed by atoms with Crippen LogP contribution >= 0.6 is 11.8 Å². The lowest BCUT2D eigenvalue weighted by Crippen LogP contribution is -2.47. The van der Waals surface area contributed by atoms with Crippen molar-refractivity contribution >= 4 is 73.9 Å². The number of pyridine rings is 2. The average molecular weight is 1290 g/mol. The fourth-order valence-corrected chi connectivity index (χ4v) is 12.3. The van der Waals surface area contributed by atoms with Crippen molar-refractivity contribution in [2.45, 2.75) is 122 Å². The van der Waals surface area contributed by atoms with Gasteiger partial charge in [0, 0.05) is 72.5 Å². The van der Waals surface area contributed by atoms with E-state index in [9.17, 15) is 42.0 Å². The van der Waals surface area contributed by atoms with E-state index in [0.29, 0.717) is 96.4 Å². The molecule has 0 saturated carbocycles. The van der Waals surface area contributed by atoms with Crippen LogP contribution in [0.3, 0.4) is 0 Å². The third kappa shape index (κ3) is 16.5. The Hall–Kier alpha value is -8.61. The number of sulfonamides is 1. The standard InChI is InChI=1S/C62H72N12O15S2/c1-6-62(50-27-53-54-48(32-73(53)58(79)49(50)36-87-59(62)80)46(47-14-7-8-15-51(47)68-54)20-22-74(38(2)3)91(5,82)83)89-61(81)88-33-39-16-18-42(19-17-39)67-55(77)40(12-9-10-21-63)26-45(76)35-85-34-44(75)13-11-24-84-25-23-72-31-43(70-71-72)30-64-56(78)52-37-86-57(69-52)41-28-65-60(90-4)66-29-41/h7-8,14-19,27-29,31,37-38,40H,6,9-13,20-26,30,32-36,63H2,1-5H3,(H,64,78)(H,67,77)/t40-,62+/m1/s1. The van der Waals surface area contributed by atoms with Gasteiger partial charge in [0.15, 0.2) is 22.4 Å². The minimum absolute atomic E-state index is 0.0843. The maximum atomic E-state index is 14.4. The number of benzene rings is 2. The predicted octanol–water partition coefficient (Wildman–Crippen LogP) is 6.07. The molecule has 0 aliphatic carbocycles. The molecule has 0 unspecified atom stereocenters. The molecule has 4 N–H and O–H groups in total. The van der Waals surface area contributed by atoms with Gasteiger partial charge in [0.25, 0.3) is 11.5 Å². The third-order valence-electron chi connectivity index (χ3n) is 15.5. The summed E-state index contributed by atoms with van der Waals surface area (Å²) in [6.07, 6.45) is 10.2. The molecule has 91 heavy (non-hydrogen) atoms. The van der Waals surface area contributed by atoms with Crippen LogP contribution in [-0.2, 0) is 97.8 Å². The Balaban J connectivity index is 0.706. The maximum absolute atomic E-state index is 14.4. The first-order valence-electron chi connectivity index (χ1n) is 29.7. The molecular formula is C62H72N12O15S2. The second kappa shape index (κ2) is 30.5. The summed E-state index contributed by atoms with van der Waals surface area (Å²) in [6, 6.07) is 15.2. The minimum atomic E-state index is -3.54. The number of nitrogens with zero attached hydrogens (tertiary/aromatic N) is 9. The van der Waals surface area contributed by atoms with Crippen molar-refractivity contribution in [2.24, 2.45) is 11.7 Å². The topological polar surface area (TPSA) is 353 Å². The van der Waals surface area contributed by atoms with Gasteiger partial charge in [-0.05, 0) is 94.1 Å². The van der Waals surface area contributed by atoms with E-state index in [1.54, 1.807) is 65.1 Å². The molecule has 0 bridgehead atoms. The van der Waals surface area contributed by atoms with Gasteiger partial charge in [-0.1, -0.05) is 60.7 Å². The molecule has 0 radical (unpaired) electrons. The number of aromatic nitrogens is 8. The number of Topliss-reactive ketones (excluding diaryl/α,β-unsaturated/α-hetero) is 2. The fraction of sp³-hybridized carbons (Fsp3) is 0.435. The van der Waals surface area contributed by atoms with Crippen LogP contribution in [0.25, 0.3) is 33.7 Å². The molecule has 0 spiro atoms. The largest absolute Gasteiger partial charge is 0.510 e. The summed E-state index contributed by atoms with van der Waals surface area (Å²) < 4.78 is 63.5. The molecule has 2 aliphatic heterocycles. The Morgan fingerprint density at radius 3 is 2.45 bits per heavy atom. The van der Waals surface area contributed by atoms with Crippen molar-refractivity contribution in [1.29, 1.82) is 0 Å². The molecule has 0 saturated heterocycles. The Labute approximate surface area is 528 Å². The molecule has 2 aromatic carbocycles. The summed E-state index contributed by atoms with van der Waals surface area (Å²) in [5.74, 6) is -2.83. The number of esters is 1. The highest BCUT2D eigenvalue weighted by molar-refractivity contribution is 7.98. The molecule has 5 aromatic heterocycles. The predicted molar refractivity (Wildman–Crippen MR) is 331 cm³/mol. The van der Waals surface area contributed by atoms with Crippen LogP contribution in [0.15, 0.2) is 93.8 Å². The number of fused-ring (bicyclic) bond motifs is 5. The molecule has 0 fully saturated rings. The number of hydrogen-bond donors (Lipinski definition) is 3. The summed E-state index contributed by atoms with van der Waals surface area (Å²) in [4.78, 5) is 111. The fourth-order valence-electron chi connectivity index (χ4n) is 10.8. The summed E-state index contributed by atoms with van der Waals surface area (Å²) >= 11 is 1.40. The van der Waals surface area contributed by atoms with Crippen LogP contribution in [0, 0.1) is 5.92 Å². The molecule has 2 atom stereocenters. The highest BCUT2D eigenvalue weighted by Gasteiger charge is 2.51. The lowest BCUT2D eigenvalue weighted by molar-refractivity contribution is -0.175. The van der Waals surface area contributed by atoms with Crippen molar-refractivity contribution in [3.05, 3.63) is 129 Å². The van der Waals surface area contributed by atoms with E-state index >= 15 is 0 Å². The normalized spacial score (nSPS) is 14.6. The number of hydrogen-bond acceptors (Lipinski definition) is 23. The van der Waals surface area contributed by atoms with Crippen LogP contribution in [0.1, 0.15) is 110 Å². The Kier molecular flexibility index (Phi) is 22.4. The zero-order chi connectivity index (χ0) is 64.8. The first-order valence-corrected chi connectivity index (χ1v) is 32.8. The number of rotatable bonds is 33. The molecule has 27 nitrogen and oxygen atoms in total. The van der Waals surface area contributed by atoms with Gasteiger partial charge < -0.3 is 49.0 Å². The van der Waals surface area contributed by atoms with Crippen LogP contribution in [0.4, 0.5) is 10.5 Å². The van der Waals surface area contributed by atoms with Gasteiger partial charge >= 0.3 is 12.1 Å². The van der Waals surface area contributed by atoms with E-state index in [1.807, 2.05) is 44.4 Å². The number of thioether (sulfide) groups is 1. The van der Waals surface area contributed by atoms with Gasteiger partial charge in [-0.2, -0.15) is 4.31 Å². The van der Waals surface area contributed by atoms with Crippen LogP contribution < -0.4 is 21.9 Å². The second-order valence-corrected chi connectivity index (χ2v) is 24.9. The summed E-state index contributed by atoms with van der Waals surface area (Å²) in [6.45, 7) is 5.73. The van der Waals surface area contributed by atoms with E-state index in [-0.39, 0.29) is 112 Å². The molecular weight excluding hydrogens is 1220 g/mol. The Bertz CT molecular complexity index is 3970. The summed E-state index contributed by atoms with van der Waals surface area (Å²) in [7, 11) is -3.54. The summed E-state index contributed by atoms with van der Waals surface area (Å²) in [5, 5.41) is 15.1. The van der Waals surface area contributed by atoms with Crippen molar-refractivity contribution in [2.75, 3.05) is 57.3 Å². The zero-order valence-electron chi connectivity index (χ0n) is 51.1. The van der Waals surface area contributed by atoms with Crippen LogP contribution in [-0.4, -0.2) is 146 Å². The van der Waals surface area contributed by atoms with Gasteiger partial charge in [0.1, 0.15) is 38.4 Å². The summed E-state index contributed by atoms with van der Waals surface area (Å²) in [5.41, 5.74) is 8.63. The number of carbonyl (C=O) groups is 6. The zero-order valence-corrected chi connectivity index (χ0v) is 52.8. The Morgan fingerprint density at radius 2 is 1.71 bits per heavy atom. The minimum Gasteiger partial charge on any atom is -0.457 e. The van der Waals surface area contributed by atoms with Gasteiger partial charge in [0.05, 0.1) is 66.7 Å². The third-order valence-corrected chi connectivity index (χ3v) is 17.5. The number of cyclic esters (lactones) is 1. The van der Waals surface area contributed by atoms with Crippen molar-refractivity contribution in [3.63, 3.8) is 0 Å². The number of unbranched alkanes of at least 4 members (excludes halogenated alkanes) is 1. The number of ketones is 2. The first kappa shape index (κ1) is 66.8. The molecule has 7 heterocycles. The number of amides is 2. The number of carbonyl (C=O) groups excluding carboxylic acids is 6. The molecule has 482 valence electrons. The molecule has 2 amide bonds. The Morgan fingerprint density at radius 1 is 0.945 bits per heavy atom. The molecule has 29 heteroatoms. The van der Waals surface area contributed by atoms with E-state index in [4.69, 9.17) is 38.8 Å². The second-order valence-electron chi connectivity index (χ2n) is 22.2. The highest BCUT2D eigenvalue weighted by atomic mass is 32.2. The smallest absolute Gasteiger partial charge is 0.457 e. The van der Waals surface area contributed by atoms with E-state index in [0.717, 1.165) is 16.5 Å². The van der Waals surface area contributed by atoms with Crippen molar-refractivity contribution in [3.8, 4) is 22.8 Å². The maximum Gasteiger partial charge on any atom is 0.510 e. The lowest BCUT2D eigenvalue weighted by Gasteiger charge is -2.35. The molecule has 9 rings (SSSR count). The van der Waals surface area contributed by atoms with Gasteiger partial charge in [-0.3, -0.25) is 24.0 Å². The monoisotopic (exact) mass is 1290 g/mol. The number of anilines is 1. The number of para-hydroxylation sites is 1. The quantitative estimate of drug-likeness (QED) is 0.0182. The number of oxazole rings is 1. The number of nitrogens with one attached hydrogen (secondary N) is 2. The van der Waals surface area contributed by atoms with Crippen LogP contribution in [0.5, 0.6) is 0 Å². The average Bonchev–Trinajstić information content (AvgIpc) is 1.66. The van der Waals surface area contributed by atoms with Crippen LogP contribution in [0.2, 0.25) is 0 Å². The van der Waals surface area contributed by atoms with Crippen molar-refractivity contribution < 1.29 is 65.3 Å². The molecule has 2 aliphatic rings. The highest BCUT2D eigenvalue weighted by Crippen LogP contribution is 2.42. The molecule has 7 aromatic rings. The van der Waals surface area contributed by atoms with Gasteiger partial charge in [-0.25, -0.2) is 42.6 Å². The number of ether oxygens (including phenoxy) is 5. The van der Waals surface area contributed by atoms with Gasteiger partial charge in [-0.15, -0.1) is 5.10 Å². The van der Waals surface area contributed by atoms with E-state index in [1.165, 1.54) is 28.6 Å². The number of nitrogens with two attached hydrogens (primary N) is 1. The van der Waals surface area contributed by atoms with Gasteiger partial charge in [0.2, 0.25) is 27.4 Å². The lowest BCUT2D eigenvalue weighted by atomic mass is 9.85. The first-order chi connectivity index (χ1) is 43.8. The van der Waals surface area contributed by atoms with E-state index in [2.05, 4.69) is 35.9 Å². The SMILES string of the molecule is CC[C@@]1(OC(=O)OCc2ccc(NC(=O)[C@H](CCCCN)CC(=O)COCC(=O)CCCOCCn3cc(CNC(=O)c4coc(-c5cnc(SC)nc5)n4)nn3)cc2)C(=O)OCc2c1cc1n(c2=O)Cc2c-1nc1ccccc1c2CCN(C(C)C)S(C)(=O)=O.